The van der Waals surface area contributed by atoms with Crippen molar-refractivity contribution in [3.8, 4) is 5.75 Å². The highest BCUT2D eigenvalue weighted by Crippen LogP contribution is 2.35. The van der Waals surface area contributed by atoms with Crippen molar-refractivity contribution >= 4 is 34.1 Å². The molecule has 0 aliphatic heterocycles. The average molecular weight is 196 g/mol. The van der Waals surface area contributed by atoms with Gasteiger partial charge in [-0.3, -0.25) is 0 Å². The van der Waals surface area contributed by atoms with Gasteiger partial charge in [0.05, 0.1) is 0 Å². The van der Waals surface area contributed by atoms with E-state index in [-0.39, 0.29) is 0 Å². The SMILES string of the molecule is Cc1cc(S)cc2scc(O)c12. The van der Waals surface area contributed by atoms with Crippen LogP contribution in [-0.4, -0.2) is 5.11 Å². The Morgan fingerprint density at radius 2 is 2.17 bits per heavy atom. The van der Waals surface area contributed by atoms with Crippen LogP contribution < -0.4 is 0 Å². The first-order valence-corrected chi connectivity index (χ1v) is 4.91. The van der Waals surface area contributed by atoms with E-state index in [2.05, 4.69) is 12.6 Å². The van der Waals surface area contributed by atoms with Crippen LogP contribution >= 0.6 is 24.0 Å². The molecule has 0 saturated carbocycles. The van der Waals surface area contributed by atoms with Crippen LogP contribution in [-0.2, 0) is 0 Å². The highest BCUT2D eigenvalue weighted by Gasteiger charge is 2.05. The minimum atomic E-state index is 0.376. The summed E-state index contributed by atoms with van der Waals surface area (Å²) in [6, 6.07) is 3.92. The summed E-state index contributed by atoms with van der Waals surface area (Å²) < 4.78 is 1.09. The molecule has 0 fully saturated rings. The molecule has 1 N–H and O–H groups in total. The number of hydrogen-bond acceptors (Lipinski definition) is 3. The Morgan fingerprint density at radius 3 is 2.92 bits per heavy atom. The van der Waals surface area contributed by atoms with Gasteiger partial charge in [-0.1, -0.05) is 0 Å². The molecule has 0 spiro atoms. The molecule has 12 heavy (non-hydrogen) atoms. The quantitative estimate of drug-likeness (QED) is 0.620. The average Bonchev–Trinajstić information content (AvgIpc) is 2.31. The van der Waals surface area contributed by atoms with Crippen molar-refractivity contribution in [2.24, 2.45) is 0 Å². The summed E-state index contributed by atoms with van der Waals surface area (Å²) >= 11 is 5.81. The van der Waals surface area contributed by atoms with Crippen LogP contribution in [0.3, 0.4) is 0 Å². The molecule has 0 radical (unpaired) electrons. The number of aryl methyl sites for hydroxylation is 1. The van der Waals surface area contributed by atoms with E-state index < -0.39 is 0 Å². The maximum Gasteiger partial charge on any atom is 0.134 e. The van der Waals surface area contributed by atoms with E-state index in [0.29, 0.717) is 5.75 Å². The smallest absolute Gasteiger partial charge is 0.134 e. The summed E-state index contributed by atoms with van der Waals surface area (Å²) in [6.45, 7) is 1.98. The molecular formula is C9H8OS2. The van der Waals surface area contributed by atoms with Gasteiger partial charge in [-0.15, -0.1) is 24.0 Å². The van der Waals surface area contributed by atoms with Crippen LogP contribution in [0.25, 0.3) is 10.1 Å². The van der Waals surface area contributed by atoms with Gasteiger partial charge in [-0.2, -0.15) is 0 Å². The van der Waals surface area contributed by atoms with E-state index in [1.54, 1.807) is 16.7 Å². The Morgan fingerprint density at radius 1 is 1.42 bits per heavy atom. The third-order valence-electron chi connectivity index (χ3n) is 1.84. The number of aromatic hydroxyl groups is 1. The maximum atomic E-state index is 9.47. The van der Waals surface area contributed by atoms with Gasteiger partial charge in [0.1, 0.15) is 5.75 Å². The van der Waals surface area contributed by atoms with Crippen molar-refractivity contribution in [3.63, 3.8) is 0 Å². The van der Waals surface area contributed by atoms with E-state index in [4.69, 9.17) is 0 Å². The molecule has 0 atom stereocenters. The monoisotopic (exact) mass is 196 g/mol. The molecule has 2 aromatic rings. The van der Waals surface area contributed by atoms with Crippen molar-refractivity contribution in [3.05, 3.63) is 23.1 Å². The first kappa shape index (κ1) is 7.95. The normalized spacial score (nSPS) is 10.8. The predicted octanol–water partition coefficient (Wildman–Crippen LogP) is 3.20. The summed E-state index contributed by atoms with van der Waals surface area (Å²) in [7, 11) is 0. The molecule has 1 nitrogen and oxygen atoms in total. The van der Waals surface area contributed by atoms with Crippen LogP contribution in [0, 0.1) is 6.92 Å². The molecule has 2 rings (SSSR count). The molecular weight excluding hydrogens is 188 g/mol. The van der Waals surface area contributed by atoms with Gasteiger partial charge in [-0.05, 0) is 24.6 Å². The molecule has 1 aromatic heterocycles. The highest BCUT2D eigenvalue weighted by atomic mass is 32.1. The van der Waals surface area contributed by atoms with Crippen molar-refractivity contribution < 1.29 is 5.11 Å². The minimum Gasteiger partial charge on any atom is -0.506 e. The van der Waals surface area contributed by atoms with E-state index in [1.807, 2.05) is 19.1 Å². The third kappa shape index (κ3) is 1.09. The molecule has 0 bridgehead atoms. The molecule has 0 aliphatic carbocycles. The minimum absolute atomic E-state index is 0.376. The molecule has 1 heterocycles. The van der Waals surface area contributed by atoms with E-state index in [1.165, 1.54) is 0 Å². The van der Waals surface area contributed by atoms with Gasteiger partial charge in [0.15, 0.2) is 0 Å². The van der Waals surface area contributed by atoms with Crippen molar-refractivity contribution in [2.75, 3.05) is 0 Å². The van der Waals surface area contributed by atoms with Gasteiger partial charge in [0, 0.05) is 20.4 Å². The van der Waals surface area contributed by atoms with Crippen LogP contribution in [0.1, 0.15) is 5.56 Å². The number of fused-ring (bicyclic) bond motifs is 1. The zero-order chi connectivity index (χ0) is 8.72. The number of benzene rings is 1. The van der Waals surface area contributed by atoms with Crippen LogP contribution in [0.4, 0.5) is 0 Å². The second-order valence-corrected chi connectivity index (χ2v) is 4.18. The Kier molecular flexibility index (Phi) is 1.77. The fourth-order valence-corrected chi connectivity index (χ4v) is 2.68. The van der Waals surface area contributed by atoms with Crippen LogP contribution in [0.15, 0.2) is 22.4 Å². The van der Waals surface area contributed by atoms with E-state index in [0.717, 1.165) is 20.5 Å². The molecule has 1 aromatic carbocycles. The number of hydrogen-bond donors (Lipinski definition) is 2. The molecule has 0 amide bonds. The van der Waals surface area contributed by atoms with Gasteiger partial charge in [-0.25, -0.2) is 0 Å². The van der Waals surface area contributed by atoms with Crippen molar-refractivity contribution in [1.82, 2.24) is 0 Å². The predicted molar refractivity (Wildman–Crippen MR) is 55.5 cm³/mol. The first-order chi connectivity index (χ1) is 5.68. The lowest BCUT2D eigenvalue weighted by molar-refractivity contribution is 0.483. The lowest BCUT2D eigenvalue weighted by Crippen LogP contribution is -1.74. The summed E-state index contributed by atoms with van der Waals surface area (Å²) in [4.78, 5) is 0.946. The Labute approximate surface area is 80.1 Å². The number of thiophene rings is 1. The standard InChI is InChI=1S/C9H8OS2/c1-5-2-6(11)3-8-9(5)7(10)4-12-8/h2-4,10-11H,1H3. The lowest BCUT2D eigenvalue weighted by atomic mass is 10.1. The Hall–Kier alpha value is -0.670. The number of thiol groups is 1. The Bertz CT molecular complexity index is 431. The summed E-state index contributed by atoms with van der Waals surface area (Å²) in [6.07, 6.45) is 0. The second kappa shape index (κ2) is 2.68. The van der Waals surface area contributed by atoms with Crippen LogP contribution in [0.2, 0.25) is 0 Å². The molecule has 3 heteroatoms. The molecule has 0 unspecified atom stereocenters. The topological polar surface area (TPSA) is 20.2 Å². The lowest BCUT2D eigenvalue weighted by Gasteiger charge is -1.98. The zero-order valence-corrected chi connectivity index (χ0v) is 8.25. The maximum absolute atomic E-state index is 9.47. The third-order valence-corrected chi connectivity index (χ3v) is 3.01. The van der Waals surface area contributed by atoms with Gasteiger partial charge in [0.2, 0.25) is 0 Å². The fourth-order valence-electron chi connectivity index (χ4n) is 1.34. The van der Waals surface area contributed by atoms with Crippen molar-refractivity contribution in [2.45, 2.75) is 11.8 Å². The number of rotatable bonds is 0. The summed E-state index contributed by atoms with van der Waals surface area (Å²) in [5.41, 5.74) is 1.08. The van der Waals surface area contributed by atoms with E-state index >= 15 is 0 Å². The van der Waals surface area contributed by atoms with Gasteiger partial charge in [0.25, 0.3) is 0 Å². The first-order valence-electron chi connectivity index (χ1n) is 3.58. The van der Waals surface area contributed by atoms with Crippen LogP contribution in [0.5, 0.6) is 5.75 Å². The van der Waals surface area contributed by atoms with Crippen molar-refractivity contribution in [1.29, 1.82) is 0 Å². The second-order valence-electron chi connectivity index (χ2n) is 2.76. The molecule has 62 valence electrons. The van der Waals surface area contributed by atoms with Gasteiger partial charge < -0.3 is 5.11 Å². The molecule has 0 aliphatic rings. The largest absolute Gasteiger partial charge is 0.506 e. The molecule has 0 saturated heterocycles. The fraction of sp³-hybridized carbons (Fsp3) is 0.111. The Balaban J connectivity index is 2.93. The zero-order valence-electron chi connectivity index (χ0n) is 6.53. The highest BCUT2D eigenvalue weighted by molar-refractivity contribution is 7.80. The van der Waals surface area contributed by atoms with E-state index in [9.17, 15) is 5.11 Å². The summed E-state index contributed by atoms with van der Waals surface area (Å²) in [5.74, 6) is 0.376. The summed E-state index contributed by atoms with van der Waals surface area (Å²) in [5, 5.41) is 12.2. The van der Waals surface area contributed by atoms with Gasteiger partial charge >= 0.3 is 0 Å².